The monoisotopic (exact) mass is 424 g/mol. The van der Waals surface area contributed by atoms with Crippen molar-refractivity contribution in [3.05, 3.63) is 68.1 Å². The molecular formula is C16H13BrCl4. The summed E-state index contributed by atoms with van der Waals surface area (Å²) in [5, 5.41) is 1.40. The Hall–Kier alpha value is 0.0800. The van der Waals surface area contributed by atoms with E-state index in [4.69, 9.17) is 46.4 Å². The lowest BCUT2D eigenvalue weighted by molar-refractivity contribution is 0.536. The third-order valence-corrected chi connectivity index (χ3v) is 5.63. The molecule has 0 aliphatic carbocycles. The summed E-state index contributed by atoms with van der Waals surface area (Å²) in [5.74, 6) is 0.815. The summed E-state index contributed by atoms with van der Waals surface area (Å²) in [7, 11) is 0. The van der Waals surface area contributed by atoms with Gasteiger partial charge in [-0.25, -0.2) is 0 Å². The normalized spacial score (nSPS) is 11.7. The van der Waals surface area contributed by atoms with Crippen LogP contribution in [0.5, 0.6) is 0 Å². The number of alkyl halides is 2. The molecule has 0 N–H and O–H groups in total. The Morgan fingerprint density at radius 1 is 0.905 bits per heavy atom. The fraction of sp³-hybridized carbons (Fsp3) is 0.250. The molecule has 0 fully saturated rings. The molecule has 0 aliphatic heterocycles. The van der Waals surface area contributed by atoms with Gasteiger partial charge in [-0.1, -0.05) is 57.3 Å². The van der Waals surface area contributed by atoms with Gasteiger partial charge in [-0.15, -0.1) is 23.2 Å². The summed E-state index contributed by atoms with van der Waals surface area (Å²) in [4.78, 5) is 0. The van der Waals surface area contributed by atoms with E-state index >= 15 is 0 Å². The van der Waals surface area contributed by atoms with Crippen LogP contribution in [0.15, 0.2) is 46.9 Å². The summed E-state index contributed by atoms with van der Waals surface area (Å²) in [6, 6.07) is 13.5. The summed E-state index contributed by atoms with van der Waals surface area (Å²) in [5.41, 5.74) is 1.72. The van der Waals surface area contributed by atoms with Crippen LogP contribution in [0.25, 0.3) is 0 Å². The molecule has 2 rings (SSSR count). The summed E-state index contributed by atoms with van der Waals surface area (Å²) in [6.45, 7) is 0. The molecule has 0 saturated heterocycles. The minimum absolute atomic E-state index is 0.370. The Bertz CT molecular complexity index is 606. The van der Waals surface area contributed by atoms with E-state index < -0.39 is 0 Å². The third-order valence-electron chi connectivity index (χ3n) is 3.51. The summed E-state index contributed by atoms with van der Waals surface area (Å²) in [6.07, 6.45) is 0.674. The van der Waals surface area contributed by atoms with E-state index in [1.165, 1.54) is 0 Å². The molecule has 0 radical (unpaired) electrons. The Balaban J connectivity index is 2.40. The van der Waals surface area contributed by atoms with Gasteiger partial charge < -0.3 is 0 Å². The first kappa shape index (κ1) is 17.4. The van der Waals surface area contributed by atoms with Gasteiger partial charge >= 0.3 is 0 Å². The van der Waals surface area contributed by atoms with Crippen molar-refractivity contribution in [3.63, 3.8) is 0 Å². The van der Waals surface area contributed by atoms with E-state index in [-0.39, 0.29) is 5.41 Å². The van der Waals surface area contributed by atoms with E-state index in [1.54, 1.807) is 0 Å². The highest BCUT2D eigenvalue weighted by molar-refractivity contribution is 9.10. The highest BCUT2D eigenvalue weighted by Gasteiger charge is 2.31. The standard InChI is InChI=1S/C16H13BrCl4/c17-13-4-1-11(15(21)7-13)8-16(9-18,10-19)12-2-5-14(20)6-3-12/h1-7H,8-10H2. The molecule has 0 unspecified atom stereocenters. The fourth-order valence-electron chi connectivity index (χ4n) is 2.22. The van der Waals surface area contributed by atoms with Gasteiger partial charge in [0, 0.05) is 31.7 Å². The van der Waals surface area contributed by atoms with Gasteiger partial charge in [-0.05, 0) is 41.8 Å². The lowest BCUT2D eigenvalue weighted by atomic mass is 9.79. The Kier molecular flexibility index (Phi) is 6.28. The van der Waals surface area contributed by atoms with Crippen molar-refractivity contribution < 1.29 is 0 Å². The molecule has 0 bridgehead atoms. The second-order valence-corrected chi connectivity index (χ2v) is 7.26. The molecule has 0 heterocycles. The molecule has 2 aromatic rings. The molecule has 0 saturated carbocycles. The van der Waals surface area contributed by atoms with Gasteiger partial charge in [0.1, 0.15) is 0 Å². The van der Waals surface area contributed by atoms with Gasteiger partial charge in [0.05, 0.1) is 0 Å². The largest absolute Gasteiger partial charge is 0.126 e. The zero-order valence-corrected chi connectivity index (χ0v) is 15.7. The highest BCUT2D eigenvalue weighted by atomic mass is 79.9. The van der Waals surface area contributed by atoms with Crippen LogP contribution in [0.1, 0.15) is 11.1 Å². The van der Waals surface area contributed by atoms with Crippen molar-refractivity contribution in [1.29, 1.82) is 0 Å². The topological polar surface area (TPSA) is 0 Å². The highest BCUT2D eigenvalue weighted by Crippen LogP contribution is 2.35. The van der Waals surface area contributed by atoms with Gasteiger partial charge in [-0.3, -0.25) is 0 Å². The minimum Gasteiger partial charge on any atom is -0.126 e. The second kappa shape index (κ2) is 7.57. The molecule has 0 aromatic heterocycles. The van der Waals surface area contributed by atoms with Gasteiger partial charge in [-0.2, -0.15) is 0 Å². The zero-order valence-electron chi connectivity index (χ0n) is 11.1. The molecular weight excluding hydrogens is 414 g/mol. The van der Waals surface area contributed by atoms with Crippen molar-refractivity contribution in [2.24, 2.45) is 0 Å². The van der Waals surface area contributed by atoms with Crippen molar-refractivity contribution in [2.75, 3.05) is 11.8 Å². The molecule has 0 aliphatic rings. The van der Waals surface area contributed by atoms with E-state index in [9.17, 15) is 0 Å². The Morgan fingerprint density at radius 3 is 2.05 bits per heavy atom. The van der Waals surface area contributed by atoms with Crippen molar-refractivity contribution in [1.82, 2.24) is 0 Å². The summed E-state index contributed by atoms with van der Waals surface area (Å²) >= 11 is 28.2. The minimum atomic E-state index is -0.370. The molecule has 21 heavy (non-hydrogen) atoms. The van der Waals surface area contributed by atoms with E-state index in [0.29, 0.717) is 28.2 Å². The number of hydrogen-bond acceptors (Lipinski definition) is 0. The zero-order chi connectivity index (χ0) is 15.5. The first-order valence-electron chi connectivity index (χ1n) is 6.33. The van der Waals surface area contributed by atoms with Crippen molar-refractivity contribution >= 4 is 62.3 Å². The first-order valence-corrected chi connectivity index (χ1v) is 8.94. The van der Waals surface area contributed by atoms with Gasteiger partial charge in [0.15, 0.2) is 0 Å². The summed E-state index contributed by atoms with van der Waals surface area (Å²) < 4.78 is 0.949. The van der Waals surface area contributed by atoms with Crippen LogP contribution in [0.2, 0.25) is 10.0 Å². The number of rotatable bonds is 5. The number of benzene rings is 2. The average Bonchev–Trinajstić information content (AvgIpc) is 2.48. The maximum Gasteiger partial charge on any atom is 0.0449 e. The molecule has 2 aromatic carbocycles. The second-order valence-electron chi connectivity index (χ2n) is 4.97. The van der Waals surface area contributed by atoms with Crippen LogP contribution in [0, 0.1) is 0 Å². The van der Waals surface area contributed by atoms with E-state index in [0.717, 1.165) is 15.6 Å². The maximum atomic E-state index is 6.32. The Labute approximate surface area is 153 Å². The molecule has 0 nitrogen and oxygen atoms in total. The first-order chi connectivity index (χ1) is 10.0. The van der Waals surface area contributed by atoms with Crippen LogP contribution in [-0.2, 0) is 11.8 Å². The SMILES string of the molecule is ClCC(CCl)(Cc1ccc(Br)cc1Cl)c1ccc(Cl)cc1. The molecule has 0 spiro atoms. The predicted octanol–water partition coefficient (Wildman–Crippen LogP) is 6.71. The van der Waals surface area contributed by atoms with Gasteiger partial charge in [0.25, 0.3) is 0 Å². The number of halogens is 5. The van der Waals surface area contributed by atoms with Crippen LogP contribution in [0.4, 0.5) is 0 Å². The maximum absolute atomic E-state index is 6.32. The third kappa shape index (κ3) is 4.09. The Morgan fingerprint density at radius 2 is 1.52 bits per heavy atom. The van der Waals surface area contributed by atoms with Crippen molar-refractivity contribution in [3.8, 4) is 0 Å². The average molecular weight is 427 g/mol. The van der Waals surface area contributed by atoms with Crippen LogP contribution < -0.4 is 0 Å². The van der Waals surface area contributed by atoms with Crippen LogP contribution in [-0.4, -0.2) is 11.8 Å². The quantitative estimate of drug-likeness (QED) is 0.466. The molecule has 0 atom stereocenters. The van der Waals surface area contributed by atoms with Crippen LogP contribution >= 0.6 is 62.3 Å². The predicted molar refractivity (Wildman–Crippen MR) is 97.4 cm³/mol. The van der Waals surface area contributed by atoms with Crippen molar-refractivity contribution in [2.45, 2.75) is 11.8 Å². The fourth-order valence-corrected chi connectivity index (χ4v) is 3.87. The van der Waals surface area contributed by atoms with Gasteiger partial charge in [0.2, 0.25) is 0 Å². The van der Waals surface area contributed by atoms with E-state index in [1.807, 2.05) is 42.5 Å². The van der Waals surface area contributed by atoms with Crippen LogP contribution in [0.3, 0.4) is 0 Å². The lowest BCUT2D eigenvalue weighted by Gasteiger charge is -2.31. The lowest BCUT2D eigenvalue weighted by Crippen LogP contribution is -2.33. The molecule has 112 valence electrons. The smallest absolute Gasteiger partial charge is 0.0449 e. The van der Waals surface area contributed by atoms with E-state index in [2.05, 4.69) is 15.9 Å². The molecule has 0 amide bonds. The molecule has 5 heteroatoms. The number of hydrogen-bond donors (Lipinski definition) is 0.